The molecule has 0 saturated heterocycles. The van der Waals surface area contributed by atoms with Gasteiger partial charge in [-0.3, -0.25) is 0 Å². The van der Waals surface area contributed by atoms with Crippen molar-refractivity contribution in [3.8, 4) is 0 Å². The number of hydrogen-bond acceptors (Lipinski definition) is 1. The zero-order valence-electron chi connectivity index (χ0n) is 8.76. The number of carbonyl (C=O) groups is 1. The van der Waals surface area contributed by atoms with E-state index in [4.69, 9.17) is 5.73 Å². The lowest BCUT2D eigenvalue weighted by molar-refractivity contribution is 0.151. The molecule has 3 heteroatoms. The van der Waals surface area contributed by atoms with E-state index >= 15 is 0 Å². The third kappa shape index (κ3) is 2.90. The summed E-state index contributed by atoms with van der Waals surface area (Å²) in [6, 6.07) is -0.109. The molecule has 1 aliphatic rings. The second-order valence-corrected chi connectivity index (χ2v) is 5.00. The van der Waals surface area contributed by atoms with Crippen LogP contribution in [0.5, 0.6) is 0 Å². The standard InChI is InChI=1S/C10H20N2O/c1-7-6-10(2,3)5-4-8(7)12-9(11)13/h7-8H,4-6H2,1-3H3,(H3,11,12,13). The summed E-state index contributed by atoms with van der Waals surface area (Å²) in [4.78, 5) is 10.7. The Morgan fingerprint density at radius 3 is 2.62 bits per heavy atom. The Morgan fingerprint density at radius 2 is 2.15 bits per heavy atom. The van der Waals surface area contributed by atoms with Crippen LogP contribution in [-0.4, -0.2) is 12.1 Å². The highest BCUT2D eigenvalue weighted by atomic mass is 16.2. The zero-order valence-corrected chi connectivity index (χ0v) is 8.76. The van der Waals surface area contributed by atoms with Gasteiger partial charge < -0.3 is 11.1 Å². The molecule has 0 bridgehead atoms. The molecule has 2 atom stereocenters. The first-order valence-corrected chi connectivity index (χ1v) is 4.97. The van der Waals surface area contributed by atoms with Crippen molar-refractivity contribution < 1.29 is 4.79 Å². The molecule has 2 unspecified atom stereocenters. The van der Waals surface area contributed by atoms with Gasteiger partial charge in [0, 0.05) is 6.04 Å². The maximum atomic E-state index is 10.7. The van der Waals surface area contributed by atoms with Crippen molar-refractivity contribution in [2.24, 2.45) is 17.1 Å². The van der Waals surface area contributed by atoms with E-state index in [2.05, 4.69) is 26.1 Å². The summed E-state index contributed by atoms with van der Waals surface area (Å²) in [5.74, 6) is 0.538. The summed E-state index contributed by atoms with van der Waals surface area (Å²) in [5.41, 5.74) is 5.53. The first-order valence-electron chi connectivity index (χ1n) is 4.97. The van der Waals surface area contributed by atoms with Gasteiger partial charge in [0.2, 0.25) is 0 Å². The second-order valence-electron chi connectivity index (χ2n) is 5.00. The van der Waals surface area contributed by atoms with E-state index in [1.54, 1.807) is 0 Å². The predicted octanol–water partition coefficient (Wildman–Crippen LogP) is 1.87. The molecular weight excluding hydrogens is 164 g/mol. The summed E-state index contributed by atoms with van der Waals surface area (Å²) in [6.07, 6.45) is 3.39. The van der Waals surface area contributed by atoms with Gasteiger partial charge in [-0.2, -0.15) is 0 Å². The number of primary amides is 1. The maximum Gasteiger partial charge on any atom is 0.312 e. The molecular formula is C10H20N2O. The Kier molecular flexibility index (Phi) is 2.84. The lowest BCUT2D eigenvalue weighted by Gasteiger charge is -2.39. The van der Waals surface area contributed by atoms with Gasteiger partial charge in [-0.1, -0.05) is 20.8 Å². The predicted molar refractivity (Wildman–Crippen MR) is 53.3 cm³/mol. The molecule has 1 rings (SSSR count). The average Bonchev–Trinajstić information content (AvgIpc) is 1.93. The summed E-state index contributed by atoms with van der Waals surface area (Å²) in [7, 11) is 0. The monoisotopic (exact) mass is 184 g/mol. The van der Waals surface area contributed by atoms with E-state index in [-0.39, 0.29) is 6.04 Å². The highest BCUT2D eigenvalue weighted by Crippen LogP contribution is 2.38. The topological polar surface area (TPSA) is 55.1 Å². The van der Waals surface area contributed by atoms with Crippen LogP contribution in [0.1, 0.15) is 40.0 Å². The summed E-state index contributed by atoms with van der Waals surface area (Å²) in [5, 5.41) is 2.81. The molecule has 1 fully saturated rings. The highest BCUT2D eigenvalue weighted by Gasteiger charge is 2.32. The molecule has 13 heavy (non-hydrogen) atoms. The van der Waals surface area contributed by atoms with Crippen molar-refractivity contribution in [2.75, 3.05) is 0 Å². The van der Waals surface area contributed by atoms with Crippen LogP contribution in [0.3, 0.4) is 0 Å². The Hall–Kier alpha value is -0.730. The SMILES string of the molecule is CC1CC(C)(C)CCC1NC(N)=O. The molecule has 76 valence electrons. The Labute approximate surface area is 80.1 Å². The Morgan fingerprint density at radius 1 is 1.54 bits per heavy atom. The minimum Gasteiger partial charge on any atom is -0.352 e. The van der Waals surface area contributed by atoms with Gasteiger partial charge in [0.15, 0.2) is 0 Å². The first kappa shape index (κ1) is 10.4. The summed E-state index contributed by atoms with van der Waals surface area (Å²) < 4.78 is 0. The van der Waals surface area contributed by atoms with E-state index in [1.165, 1.54) is 6.42 Å². The second kappa shape index (κ2) is 3.56. The van der Waals surface area contributed by atoms with E-state index in [0.717, 1.165) is 12.8 Å². The average molecular weight is 184 g/mol. The van der Waals surface area contributed by atoms with E-state index < -0.39 is 6.03 Å². The van der Waals surface area contributed by atoms with Crippen LogP contribution < -0.4 is 11.1 Å². The summed E-state index contributed by atoms with van der Waals surface area (Å²) >= 11 is 0. The van der Waals surface area contributed by atoms with Crippen LogP contribution >= 0.6 is 0 Å². The van der Waals surface area contributed by atoms with Crippen molar-refractivity contribution in [1.82, 2.24) is 5.32 Å². The number of nitrogens with one attached hydrogen (secondary N) is 1. The molecule has 0 spiro atoms. The van der Waals surface area contributed by atoms with Gasteiger partial charge >= 0.3 is 6.03 Å². The number of nitrogens with two attached hydrogens (primary N) is 1. The third-order valence-corrected chi connectivity index (χ3v) is 3.02. The molecule has 1 saturated carbocycles. The Bertz CT molecular complexity index is 201. The van der Waals surface area contributed by atoms with Crippen molar-refractivity contribution in [2.45, 2.75) is 46.1 Å². The van der Waals surface area contributed by atoms with Crippen molar-refractivity contribution in [3.63, 3.8) is 0 Å². The third-order valence-electron chi connectivity index (χ3n) is 3.02. The van der Waals surface area contributed by atoms with E-state index in [0.29, 0.717) is 11.3 Å². The number of hydrogen-bond donors (Lipinski definition) is 2. The molecule has 0 aromatic rings. The highest BCUT2D eigenvalue weighted by molar-refractivity contribution is 5.72. The molecule has 3 N–H and O–H groups in total. The van der Waals surface area contributed by atoms with Crippen LogP contribution in [0, 0.1) is 11.3 Å². The van der Waals surface area contributed by atoms with Crippen molar-refractivity contribution in [3.05, 3.63) is 0 Å². The lowest BCUT2D eigenvalue weighted by Crippen LogP contribution is -2.46. The van der Waals surface area contributed by atoms with Gasteiger partial charge in [-0.25, -0.2) is 4.79 Å². The van der Waals surface area contributed by atoms with Crippen LogP contribution in [-0.2, 0) is 0 Å². The molecule has 3 nitrogen and oxygen atoms in total. The van der Waals surface area contributed by atoms with Gasteiger partial charge in [0.1, 0.15) is 0 Å². The fraction of sp³-hybridized carbons (Fsp3) is 0.900. The fourth-order valence-electron chi connectivity index (χ4n) is 2.34. The number of carbonyl (C=O) groups excluding carboxylic acids is 1. The summed E-state index contributed by atoms with van der Waals surface area (Å²) in [6.45, 7) is 6.75. The number of urea groups is 1. The van der Waals surface area contributed by atoms with Gasteiger partial charge in [0.25, 0.3) is 0 Å². The van der Waals surface area contributed by atoms with Crippen LogP contribution in [0.4, 0.5) is 4.79 Å². The van der Waals surface area contributed by atoms with Crippen LogP contribution in [0.25, 0.3) is 0 Å². The minimum absolute atomic E-state index is 0.283. The molecule has 0 radical (unpaired) electrons. The Balaban J connectivity index is 2.49. The normalized spacial score (nSPS) is 32.5. The molecule has 0 aromatic carbocycles. The molecule has 0 aromatic heterocycles. The van der Waals surface area contributed by atoms with E-state index in [1.807, 2.05) is 0 Å². The largest absolute Gasteiger partial charge is 0.352 e. The van der Waals surface area contributed by atoms with Gasteiger partial charge in [0.05, 0.1) is 0 Å². The molecule has 0 aliphatic heterocycles. The maximum absolute atomic E-state index is 10.7. The zero-order chi connectivity index (χ0) is 10.1. The van der Waals surface area contributed by atoms with E-state index in [9.17, 15) is 4.79 Å². The first-order chi connectivity index (χ1) is 5.91. The van der Waals surface area contributed by atoms with Crippen LogP contribution in [0.15, 0.2) is 0 Å². The van der Waals surface area contributed by atoms with Crippen LogP contribution in [0.2, 0.25) is 0 Å². The van der Waals surface area contributed by atoms with Gasteiger partial charge in [-0.15, -0.1) is 0 Å². The lowest BCUT2D eigenvalue weighted by atomic mass is 9.70. The smallest absolute Gasteiger partial charge is 0.312 e. The molecule has 1 aliphatic carbocycles. The molecule has 2 amide bonds. The fourth-order valence-corrected chi connectivity index (χ4v) is 2.34. The number of amides is 2. The van der Waals surface area contributed by atoms with Crippen molar-refractivity contribution >= 4 is 6.03 Å². The minimum atomic E-state index is -0.392. The molecule has 0 heterocycles. The van der Waals surface area contributed by atoms with Crippen molar-refractivity contribution in [1.29, 1.82) is 0 Å². The number of rotatable bonds is 1. The van der Waals surface area contributed by atoms with Gasteiger partial charge in [-0.05, 0) is 30.6 Å². The quantitative estimate of drug-likeness (QED) is 0.642.